The van der Waals surface area contributed by atoms with E-state index < -0.39 is 0 Å². The number of halogens is 1. The van der Waals surface area contributed by atoms with Crippen molar-refractivity contribution in [2.75, 3.05) is 0 Å². The fourth-order valence-electron chi connectivity index (χ4n) is 1.26. The van der Waals surface area contributed by atoms with Crippen molar-refractivity contribution in [1.29, 1.82) is 0 Å². The van der Waals surface area contributed by atoms with E-state index in [0.29, 0.717) is 0 Å². The smallest absolute Gasteiger partial charge is 0.0831 e. The molecular formula is C9H8BrNO. The standard InChI is InChI=1S/C9H8BrNO/c10-8-2-1-3-9-7(8)4-6(5-12)11-9/h1-4,11-12H,5H2. The highest BCUT2D eigenvalue weighted by molar-refractivity contribution is 9.10. The van der Waals surface area contributed by atoms with Gasteiger partial charge in [0.25, 0.3) is 0 Å². The summed E-state index contributed by atoms with van der Waals surface area (Å²) < 4.78 is 1.05. The number of H-pyrrole nitrogens is 1. The zero-order valence-corrected chi connectivity index (χ0v) is 7.93. The van der Waals surface area contributed by atoms with Crippen LogP contribution in [-0.2, 0) is 6.61 Å². The predicted molar refractivity (Wildman–Crippen MR) is 51.9 cm³/mol. The maximum absolute atomic E-state index is 8.88. The Balaban J connectivity index is 2.74. The Morgan fingerprint density at radius 2 is 2.25 bits per heavy atom. The number of fused-ring (bicyclic) bond motifs is 1. The summed E-state index contributed by atoms with van der Waals surface area (Å²) in [5.74, 6) is 0. The summed E-state index contributed by atoms with van der Waals surface area (Å²) in [6.45, 7) is 0.0567. The maximum Gasteiger partial charge on any atom is 0.0831 e. The summed E-state index contributed by atoms with van der Waals surface area (Å²) in [5.41, 5.74) is 1.89. The minimum Gasteiger partial charge on any atom is -0.390 e. The molecule has 2 rings (SSSR count). The van der Waals surface area contributed by atoms with Gasteiger partial charge in [0.05, 0.1) is 6.61 Å². The molecule has 0 aliphatic heterocycles. The maximum atomic E-state index is 8.88. The van der Waals surface area contributed by atoms with Gasteiger partial charge in [-0.15, -0.1) is 0 Å². The number of hydrogen-bond donors (Lipinski definition) is 2. The second kappa shape index (κ2) is 2.92. The summed E-state index contributed by atoms with van der Waals surface area (Å²) in [5, 5.41) is 10.00. The molecule has 62 valence electrons. The molecule has 2 nitrogen and oxygen atoms in total. The molecule has 0 atom stereocenters. The monoisotopic (exact) mass is 225 g/mol. The van der Waals surface area contributed by atoms with Gasteiger partial charge in [0, 0.05) is 21.1 Å². The minimum atomic E-state index is 0.0567. The Bertz CT molecular complexity index is 408. The van der Waals surface area contributed by atoms with E-state index in [-0.39, 0.29) is 6.61 Å². The van der Waals surface area contributed by atoms with Crippen LogP contribution in [-0.4, -0.2) is 10.1 Å². The lowest BCUT2D eigenvalue weighted by atomic mass is 10.2. The van der Waals surface area contributed by atoms with Crippen molar-refractivity contribution < 1.29 is 5.11 Å². The van der Waals surface area contributed by atoms with Gasteiger partial charge in [0.1, 0.15) is 0 Å². The Hall–Kier alpha value is -0.800. The highest BCUT2D eigenvalue weighted by Crippen LogP contribution is 2.24. The highest BCUT2D eigenvalue weighted by Gasteiger charge is 2.01. The molecule has 1 heterocycles. The first-order valence-electron chi connectivity index (χ1n) is 3.68. The van der Waals surface area contributed by atoms with Crippen molar-refractivity contribution >= 4 is 26.8 Å². The van der Waals surface area contributed by atoms with Gasteiger partial charge in [-0.05, 0) is 18.2 Å². The van der Waals surface area contributed by atoms with Gasteiger partial charge in [-0.25, -0.2) is 0 Å². The highest BCUT2D eigenvalue weighted by atomic mass is 79.9. The Morgan fingerprint density at radius 1 is 1.42 bits per heavy atom. The van der Waals surface area contributed by atoms with Crippen LogP contribution in [0.1, 0.15) is 5.69 Å². The van der Waals surface area contributed by atoms with Crippen LogP contribution in [0.5, 0.6) is 0 Å². The van der Waals surface area contributed by atoms with Gasteiger partial charge in [-0.3, -0.25) is 0 Å². The van der Waals surface area contributed by atoms with Crippen LogP contribution in [0.3, 0.4) is 0 Å². The fraction of sp³-hybridized carbons (Fsp3) is 0.111. The van der Waals surface area contributed by atoms with Gasteiger partial charge >= 0.3 is 0 Å². The van der Waals surface area contributed by atoms with Gasteiger partial charge in [0.2, 0.25) is 0 Å². The van der Waals surface area contributed by atoms with E-state index in [1.807, 2.05) is 24.3 Å². The van der Waals surface area contributed by atoms with Crippen molar-refractivity contribution in [3.8, 4) is 0 Å². The van der Waals surface area contributed by atoms with E-state index in [2.05, 4.69) is 20.9 Å². The molecule has 0 aliphatic carbocycles. The molecule has 0 unspecified atom stereocenters. The third kappa shape index (κ3) is 1.15. The quantitative estimate of drug-likeness (QED) is 0.769. The Kier molecular flexibility index (Phi) is 1.90. The lowest BCUT2D eigenvalue weighted by Gasteiger charge is -1.90. The summed E-state index contributed by atoms with van der Waals surface area (Å²) in [6.07, 6.45) is 0. The van der Waals surface area contributed by atoms with Gasteiger partial charge in [-0.1, -0.05) is 22.0 Å². The van der Waals surface area contributed by atoms with Crippen molar-refractivity contribution in [1.82, 2.24) is 4.98 Å². The van der Waals surface area contributed by atoms with E-state index in [0.717, 1.165) is 21.1 Å². The molecule has 0 aliphatic rings. The van der Waals surface area contributed by atoms with Crippen molar-refractivity contribution in [3.63, 3.8) is 0 Å². The van der Waals surface area contributed by atoms with E-state index in [1.54, 1.807) is 0 Å². The van der Waals surface area contributed by atoms with Crippen LogP contribution >= 0.6 is 15.9 Å². The molecular weight excluding hydrogens is 218 g/mol. The number of nitrogens with one attached hydrogen (secondary N) is 1. The number of rotatable bonds is 1. The summed E-state index contributed by atoms with van der Waals surface area (Å²) in [7, 11) is 0. The Labute approximate surface area is 78.3 Å². The van der Waals surface area contributed by atoms with Crippen LogP contribution in [0.15, 0.2) is 28.7 Å². The molecule has 1 aromatic carbocycles. The fourth-order valence-corrected chi connectivity index (χ4v) is 1.74. The van der Waals surface area contributed by atoms with E-state index in [1.165, 1.54) is 0 Å². The molecule has 2 N–H and O–H groups in total. The molecule has 0 spiro atoms. The van der Waals surface area contributed by atoms with Crippen LogP contribution in [0, 0.1) is 0 Å². The second-order valence-electron chi connectivity index (χ2n) is 2.65. The first-order valence-corrected chi connectivity index (χ1v) is 4.47. The largest absolute Gasteiger partial charge is 0.390 e. The van der Waals surface area contributed by atoms with Crippen molar-refractivity contribution in [2.24, 2.45) is 0 Å². The van der Waals surface area contributed by atoms with Crippen LogP contribution in [0.4, 0.5) is 0 Å². The predicted octanol–water partition coefficient (Wildman–Crippen LogP) is 2.42. The number of aliphatic hydroxyl groups excluding tert-OH is 1. The van der Waals surface area contributed by atoms with Crippen LogP contribution in [0.25, 0.3) is 10.9 Å². The van der Waals surface area contributed by atoms with Gasteiger partial charge < -0.3 is 10.1 Å². The summed E-state index contributed by atoms with van der Waals surface area (Å²) in [6, 6.07) is 7.88. The number of benzene rings is 1. The molecule has 0 fully saturated rings. The molecule has 2 aromatic rings. The van der Waals surface area contributed by atoms with Crippen molar-refractivity contribution in [2.45, 2.75) is 6.61 Å². The van der Waals surface area contributed by atoms with E-state index in [9.17, 15) is 0 Å². The van der Waals surface area contributed by atoms with Crippen molar-refractivity contribution in [3.05, 3.63) is 34.4 Å². The van der Waals surface area contributed by atoms with E-state index >= 15 is 0 Å². The molecule has 0 amide bonds. The third-order valence-electron chi connectivity index (χ3n) is 1.84. The number of aromatic nitrogens is 1. The number of aromatic amines is 1. The van der Waals surface area contributed by atoms with Gasteiger partial charge in [0.15, 0.2) is 0 Å². The molecule has 1 aromatic heterocycles. The summed E-state index contributed by atoms with van der Waals surface area (Å²) in [4.78, 5) is 3.11. The third-order valence-corrected chi connectivity index (χ3v) is 2.53. The first kappa shape index (κ1) is 7.83. The van der Waals surface area contributed by atoms with Gasteiger partial charge in [-0.2, -0.15) is 0 Å². The average Bonchev–Trinajstić information content (AvgIpc) is 2.49. The molecule has 3 heteroatoms. The normalized spacial score (nSPS) is 10.8. The molecule has 0 saturated carbocycles. The second-order valence-corrected chi connectivity index (χ2v) is 3.51. The zero-order chi connectivity index (χ0) is 8.55. The first-order chi connectivity index (χ1) is 5.81. The van der Waals surface area contributed by atoms with E-state index in [4.69, 9.17) is 5.11 Å². The number of hydrogen-bond acceptors (Lipinski definition) is 1. The lowest BCUT2D eigenvalue weighted by Crippen LogP contribution is -1.78. The Morgan fingerprint density at radius 3 is 2.92 bits per heavy atom. The SMILES string of the molecule is OCc1cc2c(Br)cccc2[nH]1. The minimum absolute atomic E-state index is 0.0567. The zero-order valence-electron chi connectivity index (χ0n) is 6.34. The molecule has 0 bridgehead atoms. The molecule has 0 radical (unpaired) electrons. The van der Waals surface area contributed by atoms with Crippen LogP contribution < -0.4 is 0 Å². The van der Waals surface area contributed by atoms with Crippen LogP contribution in [0.2, 0.25) is 0 Å². The lowest BCUT2D eigenvalue weighted by molar-refractivity contribution is 0.278. The summed E-state index contributed by atoms with van der Waals surface area (Å²) >= 11 is 3.44. The topological polar surface area (TPSA) is 36.0 Å². The number of aliphatic hydroxyl groups is 1. The average molecular weight is 226 g/mol. The molecule has 0 saturated heterocycles. The molecule has 12 heavy (non-hydrogen) atoms.